The maximum Gasteiger partial charge on any atom is 0.0826 e. The van der Waals surface area contributed by atoms with Gasteiger partial charge in [-0.1, -0.05) is 18.3 Å². The Morgan fingerprint density at radius 3 is 2.79 bits per heavy atom. The lowest BCUT2D eigenvalue weighted by molar-refractivity contribution is 0.218. The Balaban J connectivity index is 2.61. The van der Waals surface area contributed by atoms with E-state index >= 15 is 0 Å². The van der Waals surface area contributed by atoms with E-state index in [1.807, 2.05) is 7.05 Å². The molecule has 0 radical (unpaired) electrons. The van der Waals surface area contributed by atoms with Crippen LogP contribution in [0.2, 0.25) is 0 Å². The quantitative estimate of drug-likeness (QED) is 0.798. The largest absolute Gasteiger partial charge is 0.395 e. The molecule has 0 aliphatic heterocycles. The van der Waals surface area contributed by atoms with Crippen molar-refractivity contribution < 1.29 is 5.11 Å². The van der Waals surface area contributed by atoms with Crippen LogP contribution in [0.25, 0.3) is 0 Å². The highest BCUT2D eigenvalue weighted by Crippen LogP contribution is 2.20. The molecule has 4 nitrogen and oxygen atoms in total. The van der Waals surface area contributed by atoms with Gasteiger partial charge in [0.05, 0.1) is 17.2 Å². The molecule has 0 fully saturated rings. The average Bonchev–Trinajstić information content (AvgIpc) is 2.52. The Kier molecular flexibility index (Phi) is 4.44. The average molecular weight is 215 g/mol. The first-order valence-electron chi connectivity index (χ1n) is 4.75. The smallest absolute Gasteiger partial charge is 0.0826 e. The van der Waals surface area contributed by atoms with Crippen LogP contribution in [0.5, 0.6) is 0 Å². The lowest BCUT2D eigenvalue weighted by Crippen LogP contribution is -2.21. The third-order valence-electron chi connectivity index (χ3n) is 2.03. The molecule has 0 amide bonds. The van der Waals surface area contributed by atoms with E-state index < -0.39 is 0 Å². The van der Waals surface area contributed by atoms with Gasteiger partial charge < -0.3 is 5.11 Å². The van der Waals surface area contributed by atoms with Crippen LogP contribution in [-0.2, 0) is 6.54 Å². The minimum atomic E-state index is 0.194. The van der Waals surface area contributed by atoms with E-state index in [0.29, 0.717) is 12.5 Å². The summed E-state index contributed by atoms with van der Waals surface area (Å²) >= 11 is 1.45. The first-order chi connectivity index (χ1) is 6.65. The Morgan fingerprint density at radius 2 is 2.21 bits per heavy atom. The minimum absolute atomic E-state index is 0.194. The van der Waals surface area contributed by atoms with Crippen molar-refractivity contribution in [2.45, 2.75) is 26.3 Å². The Bertz CT molecular complexity index is 275. The van der Waals surface area contributed by atoms with Crippen LogP contribution in [0.1, 0.15) is 30.3 Å². The van der Waals surface area contributed by atoms with Gasteiger partial charge in [0.2, 0.25) is 0 Å². The van der Waals surface area contributed by atoms with Crippen molar-refractivity contribution >= 4 is 11.5 Å². The first-order valence-corrected chi connectivity index (χ1v) is 5.53. The number of rotatable bonds is 5. The normalized spacial score (nSPS) is 11.6. The molecule has 0 bridgehead atoms. The number of likely N-dealkylation sites (N-methyl/N-ethyl adjacent to an activating group) is 1. The van der Waals surface area contributed by atoms with Crippen LogP contribution >= 0.6 is 11.5 Å². The number of hydrogen-bond acceptors (Lipinski definition) is 5. The Hall–Kier alpha value is -0.520. The molecule has 1 rings (SSSR count). The molecular weight excluding hydrogens is 198 g/mol. The standard InChI is InChI=1S/C9H17N3OS/c1-7(2)9-8(14-11-10-9)6-12(3)4-5-13/h7,13H,4-6H2,1-3H3. The summed E-state index contributed by atoms with van der Waals surface area (Å²) in [6, 6.07) is 0. The SMILES string of the molecule is CC(C)c1nnsc1CN(C)CCO. The van der Waals surface area contributed by atoms with E-state index in [-0.39, 0.29) is 6.61 Å². The van der Waals surface area contributed by atoms with Crippen LogP contribution in [0.4, 0.5) is 0 Å². The third kappa shape index (κ3) is 3.01. The van der Waals surface area contributed by atoms with Crippen molar-refractivity contribution in [3.8, 4) is 0 Å². The highest BCUT2D eigenvalue weighted by molar-refractivity contribution is 7.05. The van der Waals surface area contributed by atoms with Crippen LogP contribution in [0, 0.1) is 0 Å². The molecule has 0 aromatic carbocycles. The number of aliphatic hydroxyl groups is 1. The summed E-state index contributed by atoms with van der Waals surface area (Å²) in [4.78, 5) is 3.28. The summed E-state index contributed by atoms with van der Waals surface area (Å²) in [6.45, 7) is 5.94. The number of hydrogen-bond donors (Lipinski definition) is 1. The molecule has 1 N–H and O–H groups in total. The zero-order chi connectivity index (χ0) is 10.6. The van der Waals surface area contributed by atoms with E-state index in [9.17, 15) is 0 Å². The van der Waals surface area contributed by atoms with E-state index in [4.69, 9.17) is 5.11 Å². The molecule has 1 heterocycles. The number of nitrogens with zero attached hydrogens (tertiary/aromatic N) is 3. The van der Waals surface area contributed by atoms with Gasteiger partial charge in [0.1, 0.15) is 0 Å². The van der Waals surface area contributed by atoms with Crippen molar-refractivity contribution in [3.63, 3.8) is 0 Å². The van der Waals surface area contributed by atoms with E-state index in [1.54, 1.807) is 0 Å². The third-order valence-corrected chi connectivity index (χ3v) is 2.75. The molecule has 0 saturated heterocycles. The second kappa shape index (κ2) is 5.38. The van der Waals surface area contributed by atoms with Crippen molar-refractivity contribution in [1.29, 1.82) is 0 Å². The zero-order valence-electron chi connectivity index (χ0n) is 8.90. The van der Waals surface area contributed by atoms with Crippen molar-refractivity contribution in [3.05, 3.63) is 10.6 Å². The summed E-state index contributed by atoms with van der Waals surface area (Å²) in [5.74, 6) is 0.422. The predicted molar refractivity (Wildman–Crippen MR) is 57.4 cm³/mol. The van der Waals surface area contributed by atoms with Gasteiger partial charge in [-0.15, -0.1) is 5.10 Å². The molecule has 0 atom stereocenters. The fourth-order valence-corrected chi connectivity index (χ4v) is 2.13. The molecular formula is C9H17N3OS. The Labute approximate surface area is 88.7 Å². The topological polar surface area (TPSA) is 49.2 Å². The first kappa shape index (κ1) is 11.6. The van der Waals surface area contributed by atoms with Crippen LogP contribution in [0.3, 0.4) is 0 Å². The number of aliphatic hydroxyl groups excluding tert-OH is 1. The second-order valence-corrected chi connectivity index (χ2v) is 4.54. The van der Waals surface area contributed by atoms with E-state index in [0.717, 1.165) is 12.2 Å². The van der Waals surface area contributed by atoms with Gasteiger partial charge in [0.25, 0.3) is 0 Å². The van der Waals surface area contributed by atoms with Gasteiger partial charge in [0.15, 0.2) is 0 Å². The van der Waals surface area contributed by atoms with Crippen LogP contribution in [0.15, 0.2) is 0 Å². The highest BCUT2D eigenvalue weighted by Gasteiger charge is 2.12. The monoisotopic (exact) mass is 215 g/mol. The van der Waals surface area contributed by atoms with E-state index in [1.165, 1.54) is 16.4 Å². The fraction of sp³-hybridized carbons (Fsp3) is 0.778. The molecule has 0 unspecified atom stereocenters. The van der Waals surface area contributed by atoms with Gasteiger partial charge in [-0.2, -0.15) is 0 Å². The molecule has 0 aliphatic rings. The summed E-state index contributed by atoms with van der Waals surface area (Å²) in [6.07, 6.45) is 0. The Morgan fingerprint density at radius 1 is 1.50 bits per heavy atom. The zero-order valence-corrected chi connectivity index (χ0v) is 9.71. The van der Waals surface area contributed by atoms with Gasteiger partial charge >= 0.3 is 0 Å². The summed E-state index contributed by atoms with van der Waals surface area (Å²) in [7, 11) is 1.99. The molecule has 1 aromatic heterocycles. The number of aromatic nitrogens is 2. The maximum absolute atomic E-state index is 8.77. The fourth-order valence-electron chi connectivity index (χ4n) is 1.26. The van der Waals surface area contributed by atoms with E-state index in [2.05, 4.69) is 28.3 Å². The summed E-state index contributed by atoms with van der Waals surface area (Å²) in [5, 5.41) is 12.9. The van der Waals surface area contributed by atoms with Crippen molar-refractivity contribution in [1.82, 2.24) is 14.5 Å². The van der Waals surface area contributed by atoms with Crippen LogP contribution in [-0.4, -0.2) is 39.8 Å². The molecule has 0 saturated carbocycles. The molecule has 1 aromatic rings. The predicted octanol–water partition coefficient (Wildman–Crippen LogP) is 1.09. The van der Waals surface area contributed by atoms with Gasteiger partial charge in [-0.05, 0) is 24.5 Å². The lowest BCUT2D eigenvalue weighted by Gasteiger charge is -2.14. The molecule has 0 aliphatic carbocycles. The summed E-state index contributed by atoms with van der Waals surface area (Å²) in [5.41, 5.74) is 1.08. The molecule has 14 heavy (non-hydrogen) atoms. The van der Waals surface area contributed by atoms with Gasteiger partial charge in [-0.3, -0.25) is 4.90 Å². The molecule has 80 valence electrons. The second-order valence-electron chi connectivity index (χ2n) is 3.70. The highest BCUT2D eigenvalue weighted by atomic mass is 32.1. The molecule has 0 spiro atoms. The minimum Gasteiger partial charge on any atom is -0.395 e. The van der Waals surface area contributed by atoms with Crippen molar-refractivity contribution in [2.75, 3.05) is 20.2 Å². The molecule has 5 heteroatoms. The van der Waals surface area contributed by atoms with Crippen LogP contribution < -0.4 is 0 Å². The van der Waals surface area contributed by atoms with Crippen molar-refractivity contribution in [2.24, 2.45) is 0 Å². The van der Waals surface area contributed by atoms with Gasteiger partial charge in [0, 0.05) is 13.1 Å². The summed E-state index contributed by atoms with van der Waals surface area (Å²) < 4.78 is 3.96. The maximum atomic E-state index is 8.77. The van der Waals surface area contributed by atoms with Gasteiger partial charge in [-0.25, -0.2) is 0 Å². The lowest BCUT2D eigenvalue weighted by atomic mass is 10.1.